The molecule has 0 amide bonds. The summed E-state index contributed by atoms with van der Waals surface area (Å²) in [7, 11) is 2.86. The van der Waals surface area contributed by atoms with Crippen LogP contribution >= 0.6 is 0 Å². The molecular weight excluding hydrogens is 556 g/mol. The highest BCUT2D eigenvalue weighted by molar-refractivity contribution is 5.79. The van der Waals surface area contributed by atoms with Gasteiger partial charge in [0, 0.05) is 11.8 Å². The van der Waals surface area contributed by atoms with Gasteiger partial charge in [0.05, 0.1) is 39.5 Å². The molecule has 0 bridgehead atoms. The molecule has 1 aliphatic carbocycles. The van der Waals surface area contributed by atoms with Crippen molar-refractivity contribution in [3.05, 3.63) is 41.0 Å². The maximum absolute atomic E-state index is 13.4. The van der Waals surface area contributed by atoms with Gasteiger partial charge >= 0.3 is 5.97 Å². The highest BCUT2D eigenvalue weighted by Crippen LogP contribution is 2.57. The van der Waals surface area contributed by atoms with Gasteiger partial charge in [-0.05, 0) is 47.9 Å². The van der Waals surface area contributed by atoms with Gasteiger partial charge in [-0.3, -0.25) is 4.79 Å². The van der Waals surface area contributed by atoms with Gasteiger partial charge in [0.25, 0.3) is 0 Å². The first-order valence-corrected chi connectivity index (χ1v) is 13.8. The lowest BCUT2D eigenvalue weighted by Gasteiger charge is -2.47. The molecule has 13 nitrogen and oxygen atoms in total. The van der Waals surface area contributed by atoms with Gasteiger partial charge in [-0.1, -0.05) is 0 Å². The second-order valence-corrected chi connectivity index (χ2v) is 11.0. The third-order valence-electron chi connectivity index (χ3n) is 8.75. The number of carbonyl (C=O) groups excluding carboxylic acids is 1. The first kappa shape index (κ1) is 27.5. The minimum atomic E-state index is -1.44. The Morgan fingerprint density at radius 1 is 0.881 bits per heavy atom. The summed E-state index contributed by atoms with van der Waals surface area (Å²) in [5.74, 6) is -1.02. The van der Waals surface area contributed by atoms with Crippen LogP contribution in [-0.4, -0.2) is 92.5 Å². The molecule has 5 aliphatic rings. The van der Waals surface area contributed by atoms with Gasteiger partial charge < -0.3 is 58.0 Å². The highest BCUT2D eigenvalue weighted by Gasteiger charge is 2.56. The third-order valence-corrected chi connectivity index (χ3v) is 8.75. The van der Waals surface area contributed by atoms with E-state index in [1.165, 1.54) is 14.2 Å². The molecule has 0 spiro atoms. The number of methoxy groups -OCH3 is 2. The fourth-order valence-electron chi connectivity index (χ4n) is 6.74. The lowest BCUT2D eigenvalue weighted by molar-refractivity contribution is -0.364. The smallest absolute Gasteiger partial charge is 0.310 e. The Kier molecular flexibility index (Phi) is 6.83. The van der Waals surface area contributed by atoms with Crippen LogP contribution in [0.4, 0.5) is 0 Å². The first-order chi connectivity index (χ1) is 20.3. The molecule has 42 heavy (non-hydrogen) atoms. The summed E-state index contributed by atoms with van der Waals surface area (Å²) in [4.78, 5) is 13.4. The van der Waals surface area contributed by atoms with E-state index in [0.29, 0.717) is 28.2 Å². The Balaban J connectivity index is 1.32. The fraction of sp³-hybridized carbons (Fsp3) is 0.552. The predicted octanol–water partition coefficient (Wildman–Crippen LogP) is 1.34. The molecule has 13 heteroatoms. The van der Waals surface area contributed by atoms with Gasteiger partial charge in [-0.15, -0.1) is 0 Å². The summed E-state index contributed by atoms with van der Waals surface area (Å²) in [6.07, 6.45) is -6.80. The van der Waals surface area contributed by atoms with Gasteiger partial charge in [0.15, 0.2) is 35.6 Å². The second kappa shape index (κ2) is 10.4. The van der Waals surface area contributed by atoms with Crippen LogP contribution in [0.5, 0.6) is 28.7 Å². The number of benzene rings is 2. The Hall–Kier alpha value is -3.33. The molecule has 10 atom stereocenters. The van der Waals surface area contributed by atoms with E-state index in [9.17, 15) is 20.1 Å². The molecule has 0 saturated carbocycles. The molecule has 4 aliphatic heterocycles. The molecule has 0 unspecified atom stereocenters. The number of phenolic OH excluding ortho intramolecular Hbond substituents is 1. The zero-order valence-electron chi connectivity index (χ0n) is 23.1. The van der Waals surface area contributed by atoms with Crippen LogP contribution in [0.3, 0.4) is 0 Å². The van der Waals surface area contributed by atoms with Gasteiger partial charge in [-0.2, -0.15) is 0 Å². The van der Waals surface area contributed by atoms with E-state index in [-0.39, 0.29) is 37.3 Å². The molecule has 0 radical (unpaired) electrons. The highest BCUT2D eigenvalue weighted by atomic mass is 16.8. The van der Waals surface area contributed by atoms with E-state index in [2.05, 4.69) is 0 Å². The van der Waals surface area contributed by atoms with Gasteiger partial charge in [-0.25, -0.2) is 0 Å². The lowest BCUT2D eigenvalue weighted by atomic mass is 9.66. The molecule has 7 rings (SSSR count). The average Bonchev–Trinajstić information content (AvgIpc) is 3.61. The number of aliphatic hydroxyl groups excluding tert-OH is 2. The largest absolute Gasteiger partial charge is 0.502 e. The summed E-state index contributed by atoms with van der Waals surface area (Å²) in [5.41, 5.74) is 2.01. The summed E-state index contributed by atoms with van der Waals surface area (Å²) in [6.45, 7) is 1.93. The van der Waals surface area contributed by atoms with Crippen molar-refractivity contribution in [3.63, 3.8) is 0 Å². The van der Waals surface area contributed by atoms with Crippen molar-refractivity contribution in [2.45, 2.75) is 55.9 Å². The van der Waals surface area contributed by atoms with Crippen LogP contribution < -0.4 is 18.9 Å². The van der Waals surface area contributed by atoms with Crippen LogP contribution in [0.1, 0.15) is 35.6 Å². The van der Waals surface area contributed by atoms with Gasteiger partial charge in [0.2, 0.25) is 12.5 Å². The van der Waals surface area contributed by atoms with E-state index in [1.807, 2.05) is 0 Å². The predicted molar refractivity (Wildman–Crippen MR) is 138 cm³/mol. The van der Waals surface area contributed by atoms with E-state index in [0.717, 1.165) is 0 Å². The molecule has 2 aromatic rings. The van der Waals surface area contributed by atoms with Crippen LogP contribution in [0.15, 0.2) is 24.3 Å². The minimum absolute atomic E-state index is 0.0301. The standard InChI is InChI=1S/C29H32O13/c1-11-36-9-20-27(40-11)24(31)25(32)29(41-20)42-26-14-7-17-16(38-10-39-17)6-13(14)21(22-15(26)8-37-28(22)33)12-4-18(34-2)23(30)19(5-12)35-3/h4-7,11,15,20-22,24-27,29-32H,8-10H2,1-3H3/t11-,15-,20+,21+,22+,24+,25-,26+,27-,29-/m0/s1. The summed E-state index contributed by atoms with van der Waals surface area (Å²) in [6, 6.07) is 6.93. The van der Waals surface area contributed by atoms with E-state index < -0.39 is 66.8 Å². The fourth-order valence-corrected chi connectivity index (χ4v) is 6.74. The van der Waals surface area contributed by atoms with Crippen molar-refractivity contribution in [1.29, 1.82) is 0 Å². The number of rotatable bonds is 5. The number of esters is 1. The molecule has 0 aromatic heterocycles. The topological polar surface area (TPSA) is 161 Å². The first-order valence-electron chi connectivity index (χ1n) is 13.8. The number of aromatic hydroxyl groups is 1. The lowest BCUT2D eigenvalue weighted by Crippen LogP contribution is -2.63. The van der Waals surface area contributed by atoms with Crippen LogP contribution in [0, 0.1) is 11.8 Å². The Morgan fingerprint density at radius 2 is 1.57 bits per heavy atom. The number of aliphatic hydroxyl groups is 2. The van der Waals surface area contributed by atoms with E-state index >= 15 is 0 Å². The number of hydrogen-bond donors (Lipinski definition) is 3. The monoisotopic (exact) mass is 588 g/mol. The summed E-state index contributed by atoms with van der Waals surface area (Å²) < 4.78 is 51.5. The summed E-state index contributed by atoms with van der Waals surface area (Å²) in [5, 5.41) is 32.5. The molecular formula is C29H32O13. The van der Waals surface area contributed by atoms with Crippen molar-refractivity contribution < 1.29 is 62.7 Å². The number of ether oxygens (including phenoxy) is 9. The third kappa shape index (κ3) is 4.26. The van der Waals surface area contributed by atoms with Crippen LogP contribution in [0.2, 0.25) is 0 Å². The Morgan fingerprint density at radius 3 is 2.26 bits per heavy atom. The van der Waals surface area contributed by atoms with E-state index in [4.69, 9.17) is 42.6 Å². The maximum atomic E-state index is 13.4. The molecule has 226 valence electrons. The number of phenols is 1. The molecule has 3 fully saturated rings. The molecule has 3 N–H and O–H groups in total. The van der Waals surface area contributed by atoms with Crippen molar-refractivity contribution in [3.8, 4) is 28.7 Å². The zero-order chi connectivity index (χ0) is 29.3. The number of fused-ring (bicyclic) bond motifs is 4. The summed E-state index contributed by atoms with van der Waals surface area (Å²) >= 11 is 0. The average molecular weight is 589 g/mol. The molecule has 4 heterocycles. The quantitative estimate of drug-likeness (QED) is 0.430. The number of cyclic esters (lactones) is 1. The van der Waals surface area contributed by atoms with Crippen molar-refractivity contribution in [2.24, 2.45) is 11.8 Å². The van der Waals surface area contributed by atoms with E-state index in [1.54, 1.807) is 31.2 Å². The number of hydrogen-bond acceptors (Lipinski definition) is 13. The molecule has 3 saturated heterocycles. The minimum Gasteiger partial charge on any atom is -0.502 e. The normalized spacial score (nSPS) is 36.5. The number of carbonyl (C=O) groups is 1. The molecule has 2 aromatic carbocycles. The van der Waals surface area contributed by atoms with Crippen molar-refractivity contribution in [2.75, 3.05) is 34.2 Å². The second-order valence-electron chi connectivity index (χ2n) is 11.0. The Bertz CT molecular complexity index is 1350. The SMILES string of the molecule is COc1cc([C@@H]2c3cc4c(cc3[C@@H](O[C@@H]3O[C@@H]5CO[C@H](C)O[C@@H]5[C@H](O)[C@@H]3O)[C@H]3COC(=O)[C@@H]23)OCO4)cc(OC)c1O. The van der Waals surface area contributed by atoms with Crippen LogP contribution in [0.25, 0.3) is 0 Å². The zero-order valence-corrected chi connectivity index (χ0v) is 23.1. The van der Waals surface area contributed by atoms with Crippen molar-refractivity contribution in [1.82, 2.24) is 0 Å². The Labute approximate surface area is 240 Å². The van der Waals surface area contributed by atoms with Crippen LogP contribution in [-0.2, 0) is 28.5 Å². The van der Waals surface area contributed by atoms with Gasteiger partial charge in [0.1, 0.15) is 24.4 Å². The maximum Gasteiger partial charge on any atom is 0.310 e. The van der Waals surface area contributed by atoms with Crippen molar-refractivity contribution >= 4 is 5.97 Å².